The number of fused-ring (bicyclic) bond motifs is 10. The number of nitrogens with zero attached hydrogens (tertiary/aromatic N) is 4. The van der Waals surface area contributed by atoms with Crippen LogP contribution in [-0.2, 0) is 5.41 Å². The molecule has 5 heteroatoms. The van der Waals surface area contributed by atoms with Crippen molar-refractivity contribution in [2.24, 2.45) is 0 Å². The summed E-state index contributed by atoms with van der Waals surface area (Å²) in [5.41, 5.74) is 13.0. The molecule has 0 spiro atoms. The topological polar surface area (TPSA) is 56.7 Å². The van der Waals surface area contributed by atoms with Crippen molar-refractivity contribution < 1.29 is 4.42 Å². The Labute approximate surface area is 305 Å². The van der Waals surface area contributed by atoms with Gasteiger partial charge in [-0.1, -0.05) is 141 Å². The fourth-order valence-corrected chi connectivity index (χ4v) is 8.68. The van der Waals surface area contributed by atoms with Crippen molar-refractivity contribution >= 4 is 43.7 Å². The van der Waals surface area contributed by atoms with Gasteiger partial charge in [-0.2, -0.15) is 9.97 Å². The van der Waals surface area contributed by atoms with Gasteiger partial charge in [-0.05, 0) is 63.7 Å². The second kappa shape index (κ2) is 11.1. The second-order valence-electron chi connectivity index (χ2n) is 14.4. The summed E-state index contributed by atoms with van der Waals surface area (Å²) >= 11 is 0. The van der Waals surface area contributed by atoms with Crippen LogP contribution in [0.2, 0.25) is 0 Å². The minimum atomic E-state index is -0.178. The van der Waals surface area contributed by atoms with Crippen LogP contribution in [0.25, 0.3) is 94.7 Å². The number of furan rings is 1. The highest BCUT2D eigenvalue weighted by atomic mass is 16.3. The zero-order valence-corrected chi connectivity index (χ0v) is 29.2. The largest absolute Gasteiger partial charge is 0.456 e. The number of aromatic nitrogens is 4. The van der Waals surface area contributed by atoms with Gasteiger partial charge in [0.05, 0.1) is 11.0 Å². The van der Waals surface area contributed by atoms with E-state index in [0.717, 1.165) is 55.2 Å². The van der Waals surface area contributed by atoms with Crippen LogP contribution < -0.4 is 0 Å². The number of hydrogen-bond acceptors (Lipinski definition) is 4. The van der Waals surface area contributed by atoms with Crippen LogP contribution in [0.4, 0.5) is 0 Å². The molecule has 0 fully saturated rings. The van der Waals surface area contributed by atoms with E-state index in [1.807, 2.05) is 30.3 Å². The normalized spacial score (nSPS) is 13.2. The highest BCUT2D eigenvalue weighted by Crippen LogP contribution is 2.53. The van der Waals surface area contributed by atoms with Crippen molar-refractivity contribution in [1.82, 2.24) is 19.5 Å². The molecule has 7 aromatic carbocycles. The number of rotatable bonds is 4. The van der Waals surface area contributed by atoms with Crippen LogP contribution in [0.15, 0.2) is 162 Å². The van der Waals surface area contributed by atoms with Crippen LogP contribution in [0, 0.1) is 0 Å². The average Bonchev–Trinajstić information content (AvgIpc) is 3.83. The van der Waals surface area contributed by atoms with Gasteiger partial charge in [0.2, 0.25) is 5.95 Å². The van der Waals surface area contributed by atoms with Crippen molar-refractivity contribution in [2.45, 2.75) is 19.3 Å². The predicted octanol–water partition coefficient (Wildman–Crippen LogP) is 12.2. The Balaban J connectivity index is 1.16. The molecule has 53 heavy (non-hydrogen) atoms. The lowest BCUT2D eigenvalue weighted by Gasteiger charge is -2.22. The van der Waals surface area contributed by atoms with E-state index < -0.39 is 0 Å². The van der Waals surface area contributed by atoms with E-state index in [-0.39, 0.29) is 5.41 Å². The highest BCUT2D eigenvalue weighted by molar-refractivity contribution is 6.15. The molecule has 250 valence electrons. The van der Waals surface area contributed by atoms with Gasteiger partial charge < -0.3 is 4.42 Å². The lowest BCUT2D eigenvalue weighted by molar-refractivity contribution is 0.666. The third-order valence-corrected chi connectivity index (χ3v) is 11.0. The van der Waals surface area contributed by atoms with E-state index in [1.165, 1.54) is 33.0 Å². The molecule has 0 amide bonds. The fourth-order valence-electron chi connectivity index (χ4n) is 8.68. The molecule has 0 aliphatic heterocycles. The second-order valence-corrected chi connectivity index (χ2v) is 14.4. The van der Waals surface area contributed by atoms with Crippen LogP contribution in [0.5, 0.6) is 0 Å². The Bertz CT molecular complexity index is 3080. The summed E-state index contributed by atoms with van der Waals surface area (Å²) in [7, 11) is 0. The average molecular weight is 681 g/mol. The first kappa shape index (κ1) is 29.8. The highest BCUT2D eigenvalue weighted by Gasteiger charge is 2.38. The molecule has 3 heterocycles. The molecule has 10 aromatic rings. The minimum Gasteiger partial charge on any atom is -0.456 e. The molecule has 1 aliphatic rings. The van der Waals surface area contributed by atoms with E-state index in [1.54, 1.807) is 0 Å². The SMILES string of the molecule is CC1(C)c2ccccc2-c2ccc3c(c21)c1ccccc1n3-c1nc(-c2ccccc2)nc(-c2ccc3c(c2)oc2cccc(-c4ccccc4)c23)n1. The van der Waals surface area contributed by atoms with Crippen LogP contribution in [-0.4, -0.2) is 19.5 Å². The summed E-state index contributed by atoms with van der Waals surface area (Å²) in [5, 5.41) is 4.58. The lowest BCUT2D eigenvalue weighted by atomic mass is 9.80. The van der Waals surface area contributed by atoms with E-state index in [0.29, 0.717) is 17.6 Å². The van der Waals surface area contributed by atoms with E-state index in [9.17, 15) is 0 Å². The van der Waals surface area contributed by atoms with Crippen LogP contribution in [0.3, 0.4) is 0 Å². The van der Waals surface area contributed by atoms with Gasteiger partial charge in [0, 0.05) is 38.1 Å². The number of para-hydroxylation sites is 1. The number of benzene rings is 7. The standard InChI is InChI=1S/C48H32N4O/c1-48(2)37-21-11-9-18-33(37)34-26-27-39-43(44(34)48)35-19-10-12-22-38(35)52(39)47-50-45(30-16-7-4-8-17-30)49-46(51-47)31-24-25-36-41(28-31)53-40-23-13-20-32(42(36)40)29-14-5-3-6-15-29/h3-28H,1-2H3. The van der Waals surface area contributed by atoms with Gasteiger partial charge in [0.25, 0.3) is 0 Å². The first-order valence-corrected chi connectivity index (χ1v) is 18.0. The summed E-state index contributed by atoms with van der Waals surface area (Å²) in [5.74, 6) is 1.77. The lowest BCUT2D eigenvalue weighted by Crippen LogP contribution is -2.15. The van der Waals surface area contributed by atoms with Gasteiger partial charge in [0.1, 0.15) is 11.2 Å². The fraction of sp³-hybridized carbons (Fsp3) is 0.0625. The molecular weight excluding hydrogens is 649 g/mol. The van der Waals surface area contributed by atoms with Gasteiger partial charge in [0.15, 0.2) is 11.6 Å². The first-order chi connectivity index (χ1) is 26.0. The summed E-state index contributed by atoms with van der Waals surface area (Å²) in [6, 6.07) is 55.1. The monoisotopic (exact) mass is 680 g/mol. The Morgan fingerprint density at radius 3 is 2.00 bits per heavy atom. The Kier molecular flexibility index (Phi) is 6.23. The molecule has 0 unspecified atom stereocenters. The molecule has 0 saturated heterocycles. The predicted molar refractivity (Wildman–Crippen MR) is 215 cm³/mol. The molecule has 5 nitrogen and oxygen atoms in total. The van der Waals surface area contributed by atoms with E-state index in [4.69, 9.17) is 19.4 Å². The van der Waals surface area contributed by atoms with Gasteiger partial charge in [-0.3, -0.25) is 4.57 Å². The van der Waals surface area contributed by atoms with Gasteiger partial charge in [-0.25, -0.2) is 4.98 Å². The van der Waals surface area contributed by atoms with Crippen molar-refractivity contribution in [3.63, 3.8) is 0 Å². The molecule has 0 saturated carbocycles. The van der Waals surface area contributed by atoms with Crippen molar-refractivity contribution in [2.75, 3.05) is 0 Å². The summed E-state index contributed by atoms with van der Waals surface area (Å²) in [6.07, 6.45) is 0. The summed E-state index contributed by atoms with van der Waals surface area (Å²) in [4.78, 5) is 15.6. The zero-order valence-electron chi connectivity index (χ0n) is 29.2. The molecule has 3 aromatic heterocycles. The zero-order chi connectivity index (χ0) is 35.3. The molecule has 1 aliphatic carbocycles. The maximum Gasteiger partial charge on any atom is 0.238 e. The van der Waals surface area contributed by atoms with Crippen LogP contribution in [0.1, 0.15) is 25.0 Å². The molecule has 11 rings (SSSR count). The van der Waals surface area contributed by atoms with Crippen LogP contribution >= 0.6 is 0 Å². The Morgan fingerprint density at radius 1 is 0.472 bits per heavy atom. The molecule has 0 bridgehead atoms. The maximum atomic E-state index is 6.52. The Hall–Kier alpha value is -6.85. The molecular formula is C48H32N4O. The maximum absolute atomic E-state index is 6.52. The molecule has 0 N–H and O–H groups in total. The van der Waals surface area contributed by atoms with E-state index >= 15 is 0 Å². The first-order valence-electron chi connectivity index (χ1n) is 18.0. The molecule has 0 atom stereocenters. The Morgan fingerprint density at radius 2 is 1.17 bits per heavy atom. The molecule has 0 radical (unpaired) electrons. The smallest absolute Gasteiger partial charge is 0.238 e. The summed E-state index contributed by atoms with van der Waals surface area (Å²) < 4.78 is 8.74. The van der Waals surface area contributed by atoms with Crippen molar-refractivity contribution in [3.8, 4) is 51.0 Å². The number of hydrogen-bond donors (Lipinski definition) is 0. The minimum absolute atomic E-state index is 0.178. The third-order valence-electron chi connectivity index (χ3n) is 11.0. The quantitative estimate of drug-likeness (QED) is 0.186. The third kappa shape index (κ3) is 4.34. The van der Waals surface area contributed by atoms with Gasteiger partial charge >= 0.3 is 0 Å². The van der Waals surface area contributed by atoms with Crippen molar-refractivity contribution in [1.29, 1.82) is 0 Å². The van der Waals surface area contributed by atoms with Crippen molar-refractivity contribution in [3.05, 3.63) is 169 Å². The van der Waals surface area contributed by atoms with E-state index in [2.05, 4.69) is 146 Å². The van der Waals surface area contributed by atoms with Gasteiger partial charge in [-0.15, -0.1) is 0 Å². The summed E-state index contributed by atoms with van der Waals surface area (Å²) in [6.45, 7) is 4.68.